The molecule has 0 N–H and O–H groups in total. The molecule has 0 atom stereocenters. The zero-order valence-electron chi connectivity index (χ0n) is 33.9. The molecule has 6 nitrogen and oxygen atoms in total. The van der Waals surface area contributed by atoms with Crippen LogP contribution in [-0.4, -0.2) is 24.1 Å². The Morgan fingerprint density at radius 1 is 0.317 bits per heavy atom. The fourth-order valence-electron chi connectivity index (χ4n) is 9.53. The molecule has 0 aliphatic heterocycles. The lowest BCUT2D eigenvalue weighted by Gasteiger charge is -2.10. The summed E-state index contributed by atoms with van der Waals surface area (Å²) in [6.45, 7) is 0. The van der Waals surface area contributed by atoms with Crippen LogP contribution in [0.1, 0.15) is 0 Å². The largest absolute Gasteiger partial charge is 0.454 e. The number of rotatable bonds is 6. The van der Waals surface area contributed by atoms with Crippen molar-refractivity contribution in [3.05, 3.63) is 212 Å². The Hall–Kier alpha value is -8.61. The fourth-order valence-corrected chi connectivity index (χ4v) is 9.53. The number of hydrogen-bond acceptors (Lipinski definition) is 4. The summed E-state index contributed by atoms with van der Waals surface area (Å²) in [4.78, 5) is 15.1. The summed E-state index contributed by atoms with van der Waals surface area (Å²) in [6, 6.07) is 74.3. The quantitative estimate of drug-likeness (QED) is 0.168. The highest BCUT2D eigenvalue weighted by molar-refractivity contribution is 6.28. The average Bonchev–Trinajstić information content (AvgIpc) is 4.02. The van der Waals surface area contributed by atoms with E-state index in [9.17, 15) is 0 Å². The van der Waals surface area contributed by atoms with E-state index >= 15 is 0 Å². The van der Waals surface area contributed by atoms with Crippen molar-refractivity contribution in [3.8, 4) is 56.7 Å². The van der Waals surface area contributed by atoms with Crippen LogP contribution in [0.15, 0.2) is 217 Å². The maximum absolute atomic E-state index is 7.04. The molecule has 0 radical (unpaired) electrons. The SMILES string of the molecule is c1ccc(-c2ccc3c4ccccc4n(-c4cccc5c4oc4ccc6c(c7ccc(-c8nc(-c9ccccc9)nc(-c9ccccc9)n8)cc7n6-c6ccccc6)c45)c3c2)cc1. The van der Waals surface area contributed by atoms with Gasteiger partial charge in [0.2, 0.25) is 0 Å². The second-order valence-electron chi connectivity index (χ2n) is 16.0. The summed E-state index contributed by atoms with van der Waals surface area (Å²) in [5.74, 6) is 1.87. The van der Waals surface area contributed by atoms with E-state index in [4.69, 9.17) is 19.4 Å². The number of benzene rings is 9. The van der Waals surface area contributed by atoms with Crippen molar-refractivity contribution in [2.75, 3.05) is 0 Å². The lowest BCUT2D eigenvalue weighted by Crippen LogP contribution is -2.00. The summed E-state index contributed by atoms with van der Waals surface area (Å²) < 4.78 is 11.8. The molecule has 294 valence electrons. The molecule has 0 unspecified atom stereocenters. The van der Waals surface area contributed by atoms with E-state index in [1.807, 2.05) is 60.7 Å². The van der Waals surface area contributed by atoms with Crippen LogP contribution in [0.25, 0.3) is 122 Å². The lowest BCUT2D eigenvalue weighted by atomic mass is 10.0. The molecule has 13 aromatic rings. The zero-order valence-corrected chi connectivity index (χ0v) is 33.9. The van der Waals surface area contributed by atoms with Crippen molar-refractivity contribution in [1.29, 1.82) is 0 Å². The molecule has 0 fully saturated rings. The molecule has 0 saturated carbocycles. The third-order valence-electron chi connectivity index (χ3n) is 12.4. The predicted molar refractivity (Wildman–Crippen MR) is 258 cm³/mol. The molecular weight excluding hydrogens is 771 g/mol. The van der Waals surface area contributed by atoms with Crippen LogP contribution in [0, 0.1) is 0 Å². The maximum atomic E-state index is 7.04. The molecule has 63 heavy (non-hydrogen) atoms. The molecule has 6 heteroatoms. The fraction of sp³-hybridized carbons (Fsp3) is 0. The van der Waals surface area contributed by atoms with Gasteiger partial charge in [-0.05, 0) is 59.7 Å². The van der Waals surface area contributed by atoms with E-state index in [2.05, 4.69) is 161 Å². The standard InChI is InChI=1S/C57H35N5O/c1-5-16-36(17-6-1)39-28-30-43-42-24-13-14-26-46(42)62(49(43)34-39)48-27-15-25-45-53-51(63-54(45)48)33-32-47-52(53)44-31-29-40(35-50(44)61(47)41-22-11-4-12-23-41)57-59-55(37-18-7-2-8-19-37)58-56(60-57)38-20-9-3-10-21-38/h1-35H. The van der Waals surface area contributed by atoms with Crippen molar-refractivity contribution in [3.63, 3.8) is 0 Å². The Morgan fingerprint density at radius 2 is 0.857 bits per heavy atom. The van der Waals surface area contributed by atoms with Crippen LogP contribution in [0.3, 0.4) is 0 Å². The van der Waals surface area contributed by atoms with Gasteiger partial charge in [0.15, 0.2) is 23.1 Å². The van der Waals surface area contributed by atoms with Gasteiger partial charge >= 0.3 is 0 Å². The zero-order chi connectivity index (χ0) is 41.4. The van der Waals surface area contributed by atoms with Crippen LogP contribution < -0.4 is 0 Å². The maximum Gasteiger partial charge on any atom is 0.164 e. The van der Waals surface area contributed by atoms with Crippen LogP contribution in [0.2, 0.25) is 0 Å². The molecule has 4 heterocycles. The third kappa shape index (κ3) is 5.55. The molecule has 9 aromatic carbocycles. The molecule has 0 amide bonds. The molecule has 0 spiro atoms. The Labute approximate surface area is 361 Å². The van der Waals surface area contributed by atoms with E-state index in [-0.39, 0.29) is 0 Å². The Balaban J connectivity index is 1.07. The van der Waals surface area contributed by atoms with Gasteiger partial charge in [-0.15, -0.1) is 0 Å². The first-order valence-electron chi connectivity index (χ1n) is 21.2. The summed E-state index contributed by atoms with van der Waals surface area (Å²) in [7, 11) is 0. The third-order valence-corrected chi connectivity index (χ3v) is 12.4. The molecule has 4 aromatic heterocycles. The van der Waals surface area contributed by atoms with Crippen LogP contribution in [0.5, 0.6) is 0 Å². The van der Waals surface area contributed by atoms with Gasteiger partial charge in [0, 0.05) is 54.7 Å². The average molecular weight is 806 g/mol. The highest BCUT2D eigenvalue weighted by atomic mass is 16.3. The predicted octanol–water partition coefficient (Wildman–Crippen LogP) is 14.6. The normalized spacial score (nSPS) is 11.8. The topological polar surface area (TPSA) is 61.7 Å². The molecule has 0 aliphatic carbocycles. The van der Waals surface area contributed by atoms with E-state index in [1.54, 1.807) is 0 Å². The minimum atomic E-state index is 0.611. The van der Waals surface area contributed by atoms with Gasteiger partial charge in [-0.25, -0.2) is 15.0 Å². The van der Waals surface area contributed by atoms with Crippen LogP contribution in [0.4, 0.5) is 0 Å². The highest BCUT2D eigenvalue weighted by Crippen LogP contribution is 2.45. The first kappa shape index (κ1) is 35.2. The summed E-state index contributed by atoms with van der Waals surface area (Å²) in [5.41, 5.74) is 13.3. The lowest BCUT2D eigenvalue weighted by molar-refractivity contribution is 0.666. The Kier molecular flexibility index (Phi) is 7.80. The molecule has 0 saturated heterocycles. The van der Waals surface area contributed by atoms with Crippen molar-refractivity contribution in [2.24, 2.45) is 0 Å². The minimum absolute atomic E-state index is 0.611. The van der Waals surface area contributed by atoms with Gasteiger partial charge in [0.05, 0.1) is 27.8 Å². The number of furan rings is 1. The summed E-state index contributed by atoms with van der Waals surface area (Å²) in [6.07, 6.45) is 0. The van der Waals surface area contributed by atoms with Crippen molar-refractivity contribution in [1.82, 2.24) is 24.1 Å². The molecule has 0 bridgehead atoms. The van der Waals surface area contributed by atoms with Gasteiger partial charge in [0.1, 0.15) is 5.58 Å². The van der Waals surface area contributed by atoms with Crippen molar-refractivity contribution < 1.29 is 4.42 Å². The molecule has 0 aliphatic rings. The Bertz CT molecular complexity index is 3830. The number of para-hydroxylation sites is 3. The van der Waals surface area contributed by atoms with E-state index < -0.39 is 0 Å². The van der Waals surface area contributed by atoms with Crippen molar-refractivity contribution >= 4 is 65.6 Å². The smallest absolute Gasteiger partial charge is 0.164 e. The van der Waals surface area contributed by atoms with E-state index in [0.717, 1.165) is 82.8 Å². The van der Waals surface area contributed by atoms with Gasteiger partial charge in [-0.3, -0.25) is 0 Å². The number of hydrogen-bond donors (Lipinski definition) is 0. The number of nitrogens with zero attached hydrogens (tertiary/aromatic N) is 5. The number of fused-ring (bicyclic) bond motifs is 10. The first-order valence-corrected chi connectivity index (χ1v) is 21.2. The Morgan fingerprint density at radius 3 is 1.57 bits per heavy atom. The molecular formula is C57H35N5O. The minimum Gasteiger partial charge on any atom is -0.454 e. The van der Waals surface area contributed by atoms with E-state index in [1.165, 1.54) is 21.9 Å². The highest BCUT2D eigenvalue weighted by Gasteiger charge is 2.23. The van der Waals surface area contributed by atoms with Crippen molar-refractivity contribution in [2.45, 2.75) is 0 Å². The van der Waals surface area contributed by atoms with Crippen LogP contribution in [-0.2, 0) is 0 Å². The number of aromatic nitrogens is 5. The summed E-state index contributed by atoms with van der Waals surface area (Å²) >= 11 is 0. The summed E-state index contributed by atoms with van der Waals surface area (Å²) in [5, 5.41) is 6.79. The molecule has 13 rings (SSSR count). The monoisotopic (exact) mass is 805 g/mol. The van der Waals surface area contributed by atoms with Gasteiger partial charge < -0.3 is 13.6 Å². The van der Waals surface area contributed by atoms with Crippen LogP contribution >= 0.6 is 0 Å². The van der Waals surface area contributed by atoms with Gasteiger partial charge in [-0.2, -0.15) is 0 Å². The van der Waals surface area contributed by atoms with Gasteiger partial charge in [0.25, 0.3) is 0 Å². The first-order chi connectivity index (χ1) is 31.2. The second kappa shape index (κ2) is 14.0. The van der Waals surface area contributed by atoms with Gasteiger partial charge in [-0.1, -0.05) is 164 Å². The van der Waals surface area contributed by atoms with E-state index in [0.29, 0.717) is 17.5 Å². The second-order valence-corrected chi connectivity index (χ2v) is 16.0.